The predicted molar refractivity (Wildman–Crippen MR) is 132 cm³/mol. The van der Waals surface area contributed by atoms with Crippen LogP contribution in [0.3, 0.4) is 0 Å². The Labute approximate surface area is 200 Å². The number of amides is 1. The average molecular weight is 496 g/mol. The smallest absolute Gasteiger partial charge is 0.267 e. The molecule has 2 heterocycles. The lowest BCUT2D eigenvalue weighted by Gasteiger charge is -2.13. The van der Waals surface area contributed by atoms with Gasteiger partial charge in [-0.05, 0) is 55.3 Å². The molecule has 2 aromatic carbocycles. The van der Waals surface area contributed by atoms with Crippen molar-refractivity contribution in [1.29, 1.82) is 0 Å². The summed E-state index contributed by atoms with van der Waals surface area (Å²) in [7, 11) is -3.92. The molecule has 4 rings (SSSR count). The minimum atomic E-state index is -3.92. The fourth-order valence-electron chi connectivity index (χ4n) is 3.32. The number of thioether (sulfide) groups is 1. The summed E-state index contributed by atoms with van der Waals surface area (Å²) in [4.78, 5) is 34.7. The average Bonchev–Trinajstić information content (AvgIpc) is 2.79. The molecule has 3 N–H and O–H groups in total. The van der Waals surface area contributed by atoms with Crippen molar-refractivity contribution in [3.8, 4) is 5.82 Å². The normalized spacial score (nSPS) is 11.5. The molecule has 0 aliphatic rings. The van der Waals surface area contributed by atoms with Crippen LogP contribution in [0.1, 0.15) is 11.1 Å². The highest BCUT2D eigenvalue weighted by Crippen LogP contribution is 2.22. The number of sulfonamides is 1. The monoisotopic (exact) mass is 495 g/mol. The van der Waals surface area contributed by atoms with Gasteiger partial charge in [-0.15, -0.1) is 0 Å². The van der Waals surface area contributed by atoms with Crippen LogP contribution in [0.4, 0.5) is 5.69 Å². The molecule has 0 atom stereocenters. The van der Waals surface area contributed by atoms with Crippen LogP contribution in [-0.2, 0) is 14.8 Å². The van der Waals surface area contributed by atoms with E-state index in [0.717, 1.165) is 17.3 Å². The molecule has 0 spiro atoms. The van der Waals surface area contributed by atoms with Crippen LogP contribution in [0.2, 0.25) is 0 Å². The molecule has 9 nitrogen and oxygen atoms in total. The number of aromatic nitrogens is 3. The van der Waals surface area contributed by atoms with E-state index in [-0.39, 0.29) is 16.2 Å². The second kappa shape index (κ2) is 9.37. The first-order chi connectivity index (χ1) is 16.1. The Morgan fingerprint density at radius 2 is 1.88 bits per heavy atom. The molecule has 0 saturated heterocycles. The summed E-state index contributed by atoms with van der Waals surface area (Å²) in [6.45, 7) is 3.51. The molecule has 174 valence electrons. The number of hydrogen-bond acceptors (Lipinski definition) is 7. The molecule has 0 unspecified atom stereocenters. The number of para-hydroxylation sites is 1. The summed E-state index contributed by atoms with van der Waals surface area (Å²) >= 11 is 1.07. The maximum absolute atomic E-state index is 13.2. The highest BCUT2D eigenvalue weighted by molar-refractivity contribution is 7.99. The van der Waals surface area contributed by atoms with Crippen LogP contribution >= 0.6 is 11.8 Å². The minimum absolute atomic E-state index is 0.0616. The third-order valence-electron chi connectivity index (χ3n) is 4.98. The van der Waals surface area contributed by atoms with Gasteiger partial charge in [0.2, 0.25) is 15.9 Å². The molecule has 0 bridgehead atoms. The molecule has 0 aliphatic heterocycles. The van der Waals surface area contributed by atoms with Gasteiger partial charge in [0.05, 0.1) is 21.6 Å². The summed E-state index contributed by atoms with van der Waals surface area (Å²) in [6.07, 6.45) is 1.65. The standard InChI is InChI=1S/C23H21N5O4S2/c1-14-7-10-20(25-12-14)28-22(30)17-5-3-4-6-18(17)27-23(28)33-13-21(29)26-16-9-8-15(2)19(11-16)34(24,31)32/h3-12H,13H2,1-2H3,(H,26,29)(H2,24,31,32). The Bertz CT molecular complexity index is 1570. The maximum atomic E-state index is 13.2. The first-order valence-electron chi connectivity index (χ1n) is 10.1. The van der Waals surface area contributed by atoms with Gasteiger partial charge in [-0.25, -0.2) is 28.1 Å². The molecule has 2 aromatic heterocycles. The summed E-state index contributed by atoms with van der Waals surface area (Å²) in [5, 5.41) is 8.65. The number of nitrogens with zero attached hydrogens (tertiary/aromatic N) is 3. The molecule has 4 aromatic rings. The van der Waals surface area contributed by atoms with Gasteiger partial charge in [0.25, 0.3) is 5.56 Å². The van der Waals surface area contributed by atoms with E-state index in [1.165, 1.54) is 10.6 Å². The lowest BCUT2D eigenvalue weighted by Crippen LogP contribution is -2.23. The molecule has 0 fully saturated rings. The SMILES string of the molecule is Cc1ccc(-n2c(SCC(=O)Nc3ccc(C)c(S(N)(=O)=O)c3)nc3ccccc3c2=O)nc1. The van der Waals surface area contributed by atoms with E-state index in [0.29, 0.717) is 33.1 Å². The van der Waals surface area contributed by atoms with Gasteiger partial charge < -0.3 is 5.32 Å². The van der Waals surface area contributed by atoms with Gasteiger partial charge >= 0.3 is 0 Å². The second-order valence-electron chi connectivity index (χ2n) is 7.61. The van der Waals surface area contributed by atoms with Crippen LogP contribution in [-0.4, -0.2) is 34.6 Å². The highest BCUT2D eigenvalue weighted by atomic mass is 32.2. The number of carbonyl (C=O) groups is 1. The fourth-order valence-corrected chi connectivity index (χ4v) is 4.92. The number of hydrogen-bond donors (Lipinski definition) is 2. The highest BCUT2D eigenvalue weighted by Gasteiger charge is 2.17. The number of benzene rings is 2. The van der Waals surface area contributed by atoms with Crippen molar-refractivity contribution >= 4 is 44.3 Å². The van der Waals surface area contributed by atoms with Gasteiger partial charge in [0, 0.05) is 11.9 Å². The number of primary sulfonamides is 1. The Morgan fingerprint density at radius 3 is 2.59 bits per heavy atom. The van der Waals surface area contributed by atoms with E-state index < -0.39 is 15.9 Å². The number of pyridine rings is 1. The predicted octanol–water partition coefficient (Wildman–Crippen LogP) is 2.78. The van der Waals surface area contributed by atoms with E-state index in [2.05, 4.69) is 15.3 Å². The first-order valence-corrected chi connectivity index (χ1v) is 12.7. The molecule has 0 radical (unpaired) electrons. The molecule has 11 heteroatoms. The Morgan fingerprint density at radius 1 is 1.12 bits per heavy atom. The van der Waals surface area contributed by atoms with Crippen LogP contribution in [0, 0.1) is 13.8 Å². The van der Waals surface area contributed by atoms with Gasteiger partial charge in [-0.3, -0.25) is 9.59 Å². The zero-order valence-electron chi connectivity index (χ0n) is 18.3. The summed E-state index contributed by atoms with van der Waals surface area (Å²) in [5.41, 5.74) is 1.93. The van der Waals surface area contributed by atoms with Crippen molar-refractivity contribution in [1.82, 2.24) is 14.5 Å². The Balaban J connectivity index is 1.63. The fraction of sp³-hybridized carbons (Fsp3) is 0.130. The molecule has 34 heavy (non-hydrogen) atoms. The van der Waals surface area contributed by atoms with Crippen molar-refractivity contribution in [2.45, 2.75) is 23.9 Å². The van der Waals surface area contributed by atoms with E-state index in [1.807, 2.05) is 13.0 Å². The van der Waals surface area contributed by atoms with Crippen molar-refractivity contribution < 1.29 is 13.2 Å². The summed E-state index contributed by atoms with van der Waals surface area (Å²) < 4.78 is 24.9. The van der Waals surface area contributed by atoms with Crippen LogP contribution in [0.25, 0.3) is 16.7 Å². The lowest BCUT2D eigenvalue weighted by molar-refractivity contribution is -0.113. The maximum Gasteiger partial charge on any atom is 0.267 e. The van der Waals surface area contributed by atoms with Crippen LogP contribution < -0.4 is 16.0 Å². The molecule has 1 amide bonds. The quantitative estimate of drug-likeness (QED) is 0.310. The second-order valence-corrected chi connectivity index (χ2v) is 10.1. The van der Waals surface area contributed by atoms with Gasteiger partial charge in [-0.2, -0.15) is 0 Å². The van der Waals surface area contributed by atoms with E-state index in [9.17, 15) is 18.0 Å². The van der Waals surface area contributed by atoms with Gasteiger partial charge in [0.1, 0.15) is 5.82 Å². The number of nitrogens with one attached hydrogen (secondary N) is 1. The zero-order chi connectivity index (χ0) is 24.5. The molecular formula is C23H21N5O4S2. The first kappa shape index (κ1) is 23.6. The third kappa shape index (κ3) is 5.01. The van der Waals surface area contributed by atoms with Gasteiger partial charge in [-0.1, -0.05) is 36.0 Å². The van der Waals surface area contributed by atoms with Crippen molar-refractivity contribution in [3.05, 3.63) is 82.3 Å². The topological polar surface area (TPSA) is 137 Å². The van der Waals surface area contributed by atoms with E-state index in [1.54, 1.807) is 55.6 Å². The van der Waals surface area contributed by atoms with Crippen LogP contribution in [0.15, 0.2) is 75.6 Å². The van der Waals surface area contributed by atoms with Crippen molar-refractivity contribution in [2.24, 2.45) is 5.14 Å². The summed E-state index contributed by atoms with van der Waals surface area (Å²) in [5.74, 6) is -0.0805. The number of carbonyl (C=O) groups excluding carboxylic acids is 1. The Kier molecular flexibility index (Phi) is 6.51. The third-order valence-corrected chi connectivity index (χ3v) is 6.97. The lowest BCUT2D eigenvalue weighted by atomic mass is 10.2. The zero-order valence-corrected chi connectivity index (χ0v) is 20.0. The number of anilines is 1. The number of nitrogens with two attached hydrogens (primary N) is 1. The van der Waals surface area contributed by atoms with Gasteiger partial charge in [0.15, 0.2) is 5.16 Å². The van der Waals surface area contributed by atoms with Crippen molar-refractivity contribution in [2.75, 3.05) is 11.1 Å². The number of rotatable bonds is 6. The molecular weight excluding hydrogens is 474 g/mol. The van der Waals surface area contributed by atoms with Crippen molar-refractivity contribution in [3.63, 3.8) is 0 Å². The largest absolute Gasteiger partial charge is 0.325 e. The van der Waals surface area contributed by atoms with Crippen LogP contribution in [0.5, 0.6) is 0 Å². The molecule has 0 saturated carbocycles. The van der Waals surface area contributed by atoms with E-state index in [4.69, 9.17) is 5.14 Å². The molecule has 0 aliphatic carbocycles. The number of aryl methyl sites for hydroxylation is 2. The Hall–Kier alpha value is -3.54. The summed E-state index contributed by atoms with van der Waals surface area (Å²) in [6, 6.07) is 15.0. The number of fused-ring (bicyclic) bond motifs is 1. The minimum Gasteiger partial charge on any atom is -0.325 e. The van der Waals surface area contributed by atoms with E-state index >= 15 is 0 Å².